The molecule has 1 nitrogen and oxygen atoms in total. The van der Waals surface area contributed by atoms with Gasteiger partial charge in [-0.25, -0.2) is 0 Å². The van der Waals surface area contributed by atoms with Crippen molar-refractivity contribution in [1.29, 1.82) is 0 Å². The van der Waals surface area contributed by atoms with Gasteiger partial charge in [-0.3, -0.25) is 4.98 Å². The molecule has 0 unspecified atom stereocenters. The maximum Gasteiger partial charge on any atom is 0.0780 e. The predicted octanol–water partition coefficient (Wildman–Crippen LogP) is 4.85. The number of benzene rings is 2. The Labute approximate surface area is 113 Å². The zero-order valence-corrected chi connectivity index (χ0v) is 10.9. The van der Waals surface area contributed by atoms with Gasteiger partial charge in [-0.1, -0.05) is 54.6 Å². The number of pyridine rings is 1. The Morgan fingerprint density at radius 3 is 2.63 bits per heavy atom. The van der Waals surface area contributed by atoms with E-state index in [-0.39, 0.29) is 0 Å². The van der Waals surface area contributed by atoms with E-state index in [1.54, 1.807) is 0 Å². The monoisotopic (exact) mass is 245 g/mol. The Morgan fingerprint density at radius 1 is 1.00 bits per heavy atom. The van der Waals surface area contributed by atoms with E-state index < -0.39 is 0 Å². The van der Waals surface area contributed by atoms with Crippen molar-refractivity contribution in [3.8, 4) is 11.3 Å². The van der Waals surface area contributed by atoms with Crippen LogP contribution in [0, 0.1) is 6.92 Å². The van der Waals surface area contributed by atoms with Crippen LogP contribution in [0.5, 0.6) is 0 Å². The van der Waals surface area contributed by atoms with Gasteiger partial charge in [-0.2, -0.15) is 0 Å². The molecule has 0 atom stereocenters. The van der Waals surface area contributed by atoms with Crippen molar-refractivity contribution in [1.82, 2.24) is 4.98 Å². The number of hydrogen-bond donors (Lipinski definition) is 0. The van der Waals surface area contributed by atoms with E-state index in [2.05, 4.69) is 61.0 Å². The first kappa shape index (κ1) is 11.7. The molecule has 0 saturated carbocycles. The minimum absolute atomic E-state index is 1.03. The third kappa shape index (κ3) is 2.04. The number of rotatable bonds is 2. The summed E-state index contributed by atoms with van der Waals surface area (Å²) < 4.78 is 0. The zero-order valence-electron chi connectivity index (χ0n) is 10.9. The summed E-state index contributed by atoms with van der Waals surface area (Å²) in [5.41, 5.74) is 4.58. The van der Waals surface area contributed by atoms with E-state index in [0.717, 1.165) is 16.8 Å². The second-order valence-electron chi connectivity index (χ2n) is 4.68. The quantitative estimate of drug-likeness (QED) is 0.628. The van der Waals surface area contributed by atoms with Crippen LogP contribution in [0.3, 0.4) is 0 Å². The summed E-state index contributed by atoms with van der Waals surface area (Å²) in [5.74, 6) is 0. The van der Waals surface area contributed by atoms with Crippen LogP contribution >= 0.6 is 0 Å². The topological polar surface area (TPSA) is 12.9 Å². The first-order chi connectivity index (χ1) is 9.29. The molecule has 1 heteroatoms. The van der Waals surface area contributed by atoms with Crippen LogP contribution in [-0.4, -0.2) is 4.98 Å². The summed E-state index contributed by atoms with van der Waals surface area (Å²) in [6.45, 7) is 5.98. The molecule has 0 N–H and O–H groups in total. The molecule has 0 bridgehead atoms. The summed E-state index contributed by atoms with van der Waals surface area (Å²) >= 11 is 0. The maximum absolute atomic E-state index is 4.56. The van der Waals surface area contributed by atoms with Crippen LogP contribution in [0.25, 0.3) is 28.1 Å². The van der Waals surface area contributed by atoms with Crippen molar-refractivity contribution in [2.75, 3.05) is 0 Å². The highest BCUT2D eigenvalue weighted by Crippen LogP contribution is 2.29. The van der Waals surface area contributed by atoms with E-state index in [1.165, 1.54) is 16.3 Å². The normalized spacial score (nSPS) is 10.6. The lowest BCUT2D eigenvalue weighted by atomic mass is 9.99. The van der Waals surface area contributed by atoms with Crippen molar-refractivity contribution in [3.05, 3.63) is 72.4 Å². The minimum Gasteiger partial charge on any atom is -0.256 e. The van der Waals surface area contributed by atoms with Gasteiger partial charge in [-0.05, 0) is 30.0 Å². The molecule has 0 aliphatic carbocycles. The number of aryl methyl sites for hydroxylation is 1. The van der Waals surface area contributed by atoms with Gasteiger partial charge in [0, 0.05) is 17.1 Å². The van der Waals surface area contributed by atoms with Crippen molar-refractivity contribution < 1.29 is 0 Å². The summed E-state index contributed by atoms with van der Waals surface area (Å²) in [7, 11) is 0. The van der Waals surface area contributed by atoms with E-state index in [0.29, 0.717) is 0 Å². The SMILES string of the molecule is C=Cc1cccc2c(-c3cccc(C)c3)nccc12. The molecule has 0 spiro atoms. The summed E-state index contributed by atoms with van der Waals surface area (Å²) in [5, 5.41) is 2.37. The van der Waals surface area contributed by atoms with Gasteiger partial charge in [0.05, 0.1) is 5.69 Å². The first-order valence-corrected chi connectivity index (χ1v) is 6.37. The lowest BCUT2D eigenvalue weighted by Crippen LogP contribution is -1.88. The van der Waals surface area contributed by atoms with Gasteiger partial charge >= 0.3 is 0 Å². The lowest BCUT2D eigenvalue weighted by Gasteiger charge is -2.08. The Hall–Kier alpha value is -2.41. The van der Waals surface area contributed by atoms with Crippen LogP contribution < -0.4 is 0 Å². The third-order valence-corrected chi connectivity index (χ3v) is 3.35. The van der Waals surface area contributed by atoms with Crippen molar-refractivity contribution in [2.45, 2.75) is 6.92 Å². The predicted molar refractivity (Wildman–Crippen MR) is 82.0 cm³/mol. The number of fused-ring (bicyclic) bond motifs is 1. The third-order valence-electron chi connectivity index (χ3n) is 3.35. The highest BCUT2D eigenvalue weighted by atomic mass is 14.7. The van der Waals surface area contributed by atoms with Gasteiger partial charge in [0.2, 0.25) is 0 Å². The van der Waals surface area contributed by atoms with Crippen LogP contribution in [0.2, 0.25) is 0 Å². The average Bonchev–Trinajstić information content (AvgIpc) is 2.46. The fourth-order valence-corrected chi connectivity index (χ4v) is 2.43. The van der Waals surface area contributed by atoms with E-state index in [9.17, 15) is 0 Å². The van der Waals surface area contributed by atoms with Crippen LogP contribution in [0.1, 0.15) is 11.1 Å². The molecule has 19 heavy (non-hydrogen) atoms. The Kier molecular flexibility index (Phi) is 2.88. The fraction of sp³-hybridized carbons (Fsp3) is 0.0556. The van der Waals surface area contributed by atoms with Crippen molar-refractivity contribution in [3.63, 3.8) is 0 Å². The maximum atomic E-state index is 4.56. The van der Waals surface area contributed by atoms with E-state index in [1.807, 2.05) is 18.3 Å². The summed E-state index contributed by atoms with van der Waals surface area (Å²) in [6.07, 6.45) is 3.76. The summed E-state index contributed by atoms with van der Waals surface area (Å²) in [4.78, 5) is 4.56. The molecule has 3 rings (SSSR count). The standard InChI is InChI=1S/C18H15N/c1-3-14-7-5-9-17-16(14)10-11-19-18(17)15-8-4-6-13(2)12-15/h3-12H,1H2,2H3. The van der Waals surface area contributed by atoms with Gasteiger partial charge < -0.3 is 0 Å². The first-order valence-electron chi connectivity index (χ1n) is 6.37. The molecular formula is C18H15N. The number of hydrogen-bond acceptors (Lipinski definition) is 1. The Bertz CT molecular complexity index is 756. The smallest absolute Gasteiger partial charge is 0.0780 e. The molecule has 1 heterocycles. The highest BCUT2D eigenvalue weighted by molar-refractivity contribution is 5.98. The van der Waals surface area contributed by atoms with Crippen LogP contribution in [-0.2, 0) is 0 Å². The minimum atomic E-state index is 1.03. The van der Waals surface area contributed by atoms with Crippen LogP contribution in [0.4, 0.5) is 0 Å². The Morgan fingerprint density at radius 2 is 1.84 bits per heavy atom. The van der Waals surface area contributed by atoms with E-state index >= 15 is 0 Å². The molecule has 0 amide bonds. The van der Waals surface area contributed by atoms with Crippen LogP contribution in [0.15, 0.2) is 61.3 Å². The summed E-state index contributed by atoms with van der Waals surface area (Å²) in [6, 6.07) is 16.7. The van der Waals surface area contributed by atoms with Gasteiger partial charge in [-0.15, -0.1) is 0 Å². The zero-order chi connectivity index (χ0) is 13.2. The molecule has 92 valence electrons. The Balaban J connectivity index is 2.33. The van der Waals surface area contributed by atoms with Gasteiger partial charge in [0.15, 0.2) is 0 Å². The molecule has 1 aromatic heterocycles. The van der Waals surface area contributed by atoms with Gasteiger partial charge in [0.25, 0.3) is 0 Å². The number of nitrogens with zero attached hydrogens (tertiary/aromatic N) is 1. The molecular weight excluding hydrogens is 230 g/mol. The molecule has 0 fully saturated rings. The average molecular weight is 245 g/mol. The molecule has 0 aliphatic heterocycles. The molecule has 2 aromatic carbocycles. The molecule has 3 aromatic rings. The van der Waals surface area contributed by atoms with Crippen molar-refractivity contribution in [2.24, 2.45) is 0 Å². The molecule has 0 aliphatic rings. The fourth-order valence-electron chi connectivity index (χ4n) is 2.43. The molecule has 0 saturated heterocycles. The highest BCUT2D eigenvalue weighted by Gasteiger charge is 2.06. The van der Waals surface area contributed by atoms with Crippen molar-refractivity contribution >= 4 is 16.8 Å². The lowest BCUT2D eigenvalue weighted by molar-refractivity contribution is 1.35. The second kappa shape index (κ2) is 4.69. The van der Waals surface area contributed by atoms with E-state index in [4.69, 9.17) is 0 Å². The molecule has 0 radical (unpaired) electrons. The van der Waals surface area contributed by atoms with Gasteiger partial charge in [0.1, 0.15) is 0 Å². The second-order valence-corrected chi connectivity index (χ2v) is 4.68. The number of aromatic nitrogens is 1. The largest absolute Gasteiger partial charge is 0.256 e.